The first-order valence-electron chi connectivity index (χ1n) is 13.6. The summed E-state index contributed by atoms with van der Waals surface area (Å²) < 4.78 is 30.1. The predicted molar refractivity (Wildman–Crippen MR) is 138 cm³/mol. The van der Waals surface area contributed by atoms with Crippen molar-refractivity contribution in [3.05, 3.63) is 29.8 Å². The second-order valence-corrected chi connectivity index (χ2v) is 11.7. The highest BCUT2D eigenvalue weighted by Crippen LogP contribution is 2.59. The largest absolute Gasteiger partial charge is 0.492 e. The van der Waals surface area contributed by atoms with Crippen LogP contribution in [-0.2, 0) is 30.2 Å². The van der Waals surface area contributed by atoms with E-state index >= 15 is 0 Å². The van der Waals surface area contributed by atoms with Gasteiger partial charge in [0.25, 0.3) is 0 Å². The number of hydrogen-bond acceptors (Lipinski definition) is 7. The molecule has 1 aromatic carbocycles. The standard InChI is InChI=1S/C29H45NO6/c1-20(2)7-13-24-28(3,36-24)27-26(32-6)23(15-16-29(27)19-34-29)35-25(31)14-10-21-8-11-22(12-9-21)33-18-17-30(4)5/h8-9,11-12,20,23-24,26-27H,7,10,13-19H2,1-6H3/t23-,24-,26-,27-,28+,29?/m1/s1. The van der Waals surface area contributed by atoms with Crippen LogP contribution < -0.4 is 4.74 Å². The summed E-state index contributed by atoms with van der Waals surface area (Å²) >= 11 is 0. The summed E-state index contributed by atoms with van der Waals surface area (Å²) in [5, 5.41) is 0. The highest BCUT2D eigenvalue weighted by atomic mass is 16.6. The Morgan fingerprint density at radius 3 is 2.56 bits per heavy atom. The Kier molecular flexibility index (Phi) is 8.65. The molecular formula is C29H45NO6. The Labute approximate surface area is 216 Å². The van der Waals surface area contributed by atoms with E-state index in [2.05, 4.69) is 25.7 Å². The first kappa shape index (κ1) is 27.4. The van der Waals surface area contributed by atoms with Crippen LogP contribution in [0.15, 0.2) is 24.3 Å². The van der Waals surface area contributed by atoms with Crippen molar-refractivity contribution in [2.45, 2.75) is 88.8 Å². The molecule has 2 aliphatic heterocycles. The average molecular weight is 504 g/mol. The molecule has 1 spiro atoms. The summed E-state index contributed by atoms with van der Waals surface area (Å²) in [6.45, 7) is 8.94. The fraction of sp³-hybridized carbons (Fsp3) is 0.759. The lowest BCUT2D eigenvalue weighted by molar-refractivity contribution is -0.171. The minimum Gasteiger partial charge on any atom is -0.492 e. The Morgan fingerprint density at radius 1 is 1.22 bits per heavy atom. The Morgan fingerprint density at radius 2 is 1.94 bits per heavy atom. The number of esters is 1. The smallest absolute Gasteiger partial charge is 0.306 e. The van der Waals surface area contributed by atoms with Crippen LogP contribution >= 0.6 is 0 Å². The number of carbonyl (C=O) groups excluding carboxylic acids is 1. The van der Waals surface area contributed by atoms with E-state index in [0.717, 1.165) is 50.1 Å². The molecule has 36 heavy (non-hydrogen) atoms. The van der Waals surface area contributed by atoms with Crippen molar-refractivity contribution in [2.24, 2.45) is 11.8 Å². The summed E-state index contributed by atoms with van der Waals surface area (Å²) in [5.74, 6) is 1.38. The number of epoxide rings is 2. The molecule has 1 saturated carbocycles. The number of hydrogen-bond donors (Lipinski definition) is 0. The molecule has 1 aliphatic carbocycles. The van der Waals surface area contributed by atoms with E-state index in [1.165, 1.54) is 0 Å². The molecule has 7 heteroatoms. The number of benzene rings is 1. The monoisotopic (exact) mass is 503 g/mol. The molecule has 3 fully saturated rings. The van der Waals surface area contributed by atoms with Gasteiger partial charge in [0.2, 0.25) is 0 Å². The fourth-order valence-electron chi connectivity index (χ4n) is 5.85. The maximum atomic E-state index is 12.8. The fourth-order valence-corrected chi connectivity index (χ4v) is 5.85. The maximum absolute atomic E-state index is 12.8. The number of nitrogens with zero attached hydrogens (tertiary/aromatic N) is 1. The maximum Gasteiger partial charge on any atom is 0.306 e. The summed E-state index contributed by atoms with van der Waals surface area (Å²) in [6.07, 6.45) is 4.50. The van der Waals surface area contributed by atoms with Gasteiger partial charge in [-0.05, 0) is 76.7 Å². The lowest BCUT2D eigenvalue weighted by atomic mass is 9.68. The van der Waals surface area contributed by atoms with Gasteiger partial charge in [0.1, 0.15) is 35.8 Å². The van der Waals surface area contributed by atoms with Crippen molar-refractivity contribution in [1.82, 2.24) is 4.90 Å². The van der Waals surface area contributed by atoms with Gasteiger partial charge < -0.3 is 28.6 Å². The third-order valence-corrected chi connectivity index (χ3v) is 8.13. The van der Waals surface area contributed by atoms with Crippen LogP contribution in [0, 0.1) is 11.8 Å². The molecule has 0 bridgehead atoms. The van der Waals surface area contributed by atoms with Crippen molar-refractivity contribution >= 4 is 5.97 Å². The number of carbonyl (C=O) groups is 1. The van der Waals surface area contributed by atoms with E-state index in [-0.39, 0.29) is 41.4 Å². The molecule has 0 aromatic heterocycles. The Bertz CT molecular complexity index is 867. The van der Waals surface area contributed by atoms with Crippen LogP contribution in [-0.4, -0.2) is 81.3 Å². The topological polar surface area (TPSA) is 73.1 Å². The molecule has 2 saturated heterocycles. The molecule has 1 aromatic rings. The number of rotatable bonds is 13. The lowest BCUT2D eigenvalue weighted by Gasteiger charge is -2.42. The van der Waals surface area contributed by atoms with Gasteiger partial charge in [0, 0.05) is 20.1 Å². The van der Waals surface area contributed by atoms with Gasteiger partial charge in [-0.1, -0.05) is 26.0 Å². The molecule has 6 atom stereocenters. The van der Waals surface area contributed by atoms with E-state index in [1.807, 2.05) is 38.4 Å². The van der Waals surface area contributed by atoms with Gasteiger partial charge in [-0.15, -0.1) is 0 Å². The van der Waals surface area contributed by atoms with Crippen molar-refractivity contribution in [1.29, 1.82) is 0 Å². The minimum absolute atomic E-state index is 0.0683. The molecule has 202 valence electrons. The van der Waals surface area contributed by atoms with Gasteiger partial charge in [-0.2, -0.15) is 0 Å². The second-order valence-electron chi connectivity index (χ2n) is 11.7. The molecule has 0 radical (unpaired) electrons. The molecular weight excluding hydrogens is 458 g/mol. The second kappa shape index (κ2) is 11.4. The van der Waals surface area contributed by atoms with Gasteiger partial charge in [0.15, 0.2) is 0 Å². The van der Waals surface area contributed by atoms with Gasteiger partial charge in [-0.3, -0.25) is 4.79 Å². The van der Waals surface area contributed by atoms with E-state index < -0.39 is 0 Å². The quantitative estimate of drug-likeness (QED) is 0.294. The summed E-state index contributed by atoms with van der Waals surface area (Å²) in [4.78, 5) is 14.9. The average Bonchev–Trinajstić information content (AvgIpc) is 3.75. The first-order chi connectivity index (χ1) is 17.2. The minimum atomic E-state index is -0.284. The molecule has 0 N–H and O–H groups in total. The highest BCUT2D eigenvalue weighted by molar-refractivity contribution is 5.70. The van der Waals surface area contributed by atoms with Crippen molar-refractivity contribution < 1.29 is 28.5 Å². The zero-order valence-electron chi connectivity index (χ0n) is 23.0. The Balaban J connectivity index is 1.30. The normalized spacial score (nSPS) is 33.2. The molecule has 1 unspecified atom stereocenters. The van der Waals surface area contributed by atoms with E-state index in [4.69, 9.17) is 23.7 Å². The molecule has 4 rings (SSSR count). The van der Waals surface area contributed by atoms with Crippen LogP contribution in [0.2, 0.25) is 0 Å². The zero-order chi connectivity index (χ0) is 25.9. The van der Waals surface area contributed by atoms with Crippen LogP contribution in [0.3, 0.4) is 0 Å². The van der Waals surface area contributed by atoms with Crippen molar-refractivity contribution in [3.8, 4) is 5.75 Å². The van der Waals surface area contributed by atoms with E-state index in [0.29, 0.717) is 25.4 Å². The summed E-state index contributed by atoms with van der Waals surface area (Å²) in [6, 6.07) is 7.96. The number of aryl methyl sites for hydroxylation is 1. The van der Waals surface area contributed by atoms with Crippen LogP contribution in [0.25, 0.3) is 0 Å². The van der Waals surface area contributed by atoms with Crippen molar-refractivity contribution in [2.75, 3.05) is 41.0 Å². The predicted octanol–water partition coefficient (Wildman–Crippen LogP) is 4.26. The van der Waals surface area contributed by atoms with Crippen LogP contribution in [0.5, 0.6) is 5.75 Å². The Hall–Kier alpha value is -1.67. The number of methoxy groups -OCH3 is 1. The van der Waals surface area contributed by atoms with Gasteiger partial charge >= 0.3 is 5.97 Å². The molecule has 3 aliphatic rings. The molecule has 0 amide bonds. The SMILES string of the molecule is CO[C@@H]1[C@H](OC(=O)CCc2ccc(OCCN(C)C)cc2)CCC2(CO2)[C@H]1[C@@]1(C)O[C@@H]1CCC(C)C. The highest BCUT2D eigenvalue weighted by Gasteiger charge is 2.72. The van der Waals surface area contributed by atoms with Crippen molar-refractivity contribution in [3.63, 3.8) is 0 Å². The zero-order valence-corrected chi connectivity index (χ0v) is 23.0. The number of likely N-dealkylation sites (N-methyl/N-ethyl adjacent to an activating group) is 1. The third-order valence-electron chi connectivity index (χ3n) is 8.13. The van der Waals surface area contributed by atoms with Gasteiger partial charge in [0.05, 0.1) is 18.6 Å². The lowest BCUT2D eigenvalue weighted by Crippen LogP contribution is -2.55. The van der Waals surface area contributed by atoms with E-state index in [9.17, 15) is 4.79 Å². The summed E-state index contributed by atoms with van der Waals surface area (Å²) in [5.41, 5.74) is 0.614. The summed E-state index contributed by atoms with van der Waals surface area (Å²) in [7, 11) is 5.77. The first-order valence-corrected chi connectivity index (χ1v) is 13.6. The van der Waals surface area contributed by atoms with Gasteiger partial charge in [-0.25, -0.2) is 0 Å². The van der Waals surface area contributed by atoms with Crippen LogP contribution in [0.1, 0.15) is 58.4 Å². The van der Waals surface area contributed by atoms with Crippen LogP contribution in [0.4, 0.5) is 0 Å². The number of ether oxygens (including phenoxy) is 5. The van der Waals surface area contributed by atoms with E-state index in [1.54, 1.807) is 7.11 Å². The third kappa shape index (κ3) is 6.42. The molecule has 2 heterocycles. The molecule has 7 nitrogen and oxygen atoms in total.